The van der Waals surface area contributed by atoms with Gasteiger partial charge in [0.25, 0.3) is 5.91 Å². The number of nitrogens with one attached hydrogen (secondary N) is 1. The number of benzene rings is 1. The lowest BCUT2D eigenvalue weighted by molar-refractivity contribution is -0.127. The van der Waals surface area contributed by atoms with Crippen LogP contribution in [0.4, 0.5) is 0 Å². The molecule has 5 heteroatoms. The second-order valence-corrected chi connectivity index (χ2v) is 6.50. The molecule has 2 aromatic rings. The Hall–Kier alpha value is -2.69. The average Bonchev–Trinajstić information content (AvgIpc) is 2.97. The molecule has 2 heterocycles. The first-order valence-corrected chi connectivity index (χ1v) is 8.67. The van der Waals surface area contributed by atoms with Gasteiger partial charge in [-0.3, -0.25) is 14.6 Å². The lowest BCUT2D eigenvalue weighted by Crippen LogP contribution is -2.50. The minimum absolute atomic E-state index is 0.0579. The molecule has 0 fully saturated rings. The summed E-state index contributed by atoms with van der Waals surface area (Å²) in [5, 5.41) is 2.97. The van der Waals surface area contributed by atoms with Gasteiger partial charge in [0.05, 0.1) is 0 Å². The fraction of sp³-hybridized carbons (Fsp3) is 0.350. The predicted molar refractivity (Wildman–Crippen MR) is 95.6 cm³/mol. The monoisotopic (exact) mass is 337 g/mol. The van der Waals surface area contributed by atoms with E-state index in [0.717, 1.165) is 17.5 Å². The van der Waals surface area contributed by atoms with Crippen molar-refractivity contribution >= 4 is 11.8 Å². The summed E-state index contributed by atoms with van der Waals surface area (Å²) in [6.07, 6.45) is 4.26. The number of nitrogens with zero attached hydrogens (tertiary/aromatic N) is 2. The number of fused-ring (bicyclic) bond motifs is 1. The van der Waals surface area contributed by atoms with E-state index in [1.54, 1.807) is 17.3 Å². The molecule has 0 aliphatic carbocycles. The quantitative estimate of drug-likeness (QED) is 0.882. The minimum Gasteiger partial charge on any atom is -0.350 e. The largest absolute Gasteiger partial charge is 0.350 e. The lowest BCUT2D eigenvalue weighted by Gasteiger charge is -2.31. The highest BCUT2D eigenvalue weighted by Gasteiger charge is 2.38. The number of pyridine rings is 1. The average molecular weight is 337 g/mol. The summed E-state index contributed by atoms with van der Waals surface area (Å²) in [5.41, 5.74) is 2.63. The first-order chi connectivity index (χ1) is 12.1. The van der Waals surface area contributed by atoms with Gasteiger partial charge in [0.1, 0.15) is 6.04 Å². The maximum absolute atomic E-state index is 12.9. The van der Waals surface area contributed by atoms with Gasteiger partial charge in [-0.05, 0) is 29.2 Å². The van der Waals surface area contributed by atoms with Crippen molar-refractivity contribution in [3.8, 4) is 0 Å². The van der Waals surface area contributed by atoms with Gasteiger partial charge < -0.3 is 10.2 Å². The van der Waals surface area contributed by atoms with Crippen LogP contribution < -0.4 is 5.32 Å². The highest BCUT2D eigenvalue weighted by molar-refractivity contribution is 6.01. The zero-order valence-electron chi connectivity index (χ0n) is 14.6. The zero-order chi connectivity index (χ0) is 17.8. The molecular weight excluding hydrogens is 314 g/mol. The Balaban J connectivity index is 1.76. The van der Waals surface area contributed by atoms with Gasteiger partial charge in [-0.2, -0.15) is 0 Å². The minimum atomic E-state index is -0.471. The Morgan fingerprint density at radius 1 is 1.28 bits per heavy atom. The molecule has 1 N–H and O–H groups in total. The number of carbonyl (C=O) groups excluding carboxylic acids is 2. The Labute approximate surface area is 148 Å². The molecule has 0 saturated carbocycles. The zero-order valence-corrected chi connectivity index (χ0v) is 14.6. The van der Waals surface area contributed by atoms with Crippen molar-refractivity contribution in [1.29, 1.82) is 0 Å². The Morgan fingerprint density at radius 3 is 2.76 bits per heavy atom. The van der Waals surface area contributed by atoms with Crippen molar-refractivity contribution in [3.05, 3.63) is 65.5 Å². The maximum Gasteiger partial charge on any atom is 0.255 e. The summed E-state index contributed by atoms with van der Waals surface area (Å²) in [5.74, 6) is -0.0936. The van der Waals surface area contributed by atoms with Crippen LogP contribution >= 0.6 is 0 Å². The highest BCUT2D eigenvalue weighted by atomic mass is 16.2. The second kappa shape index (κ2) is 7.47. The molecule has 1 aromatic carbocycles. The van der Waals surface area contributed by atoms with Gasteiger partial charge in [0.15, 0.2) is 0 Å². The number of amides is 2. The highest BCUT2D eigenvalue weighted by Crippen LogP contribution is 2.28. The summed E-state index contributed by atoms with van der Waals surface area (Å²) in [4.78, 5) is 31.4. The molecule has 5 nitrogen and oxygen atoms in total. The first-order valence-electron chi connectivity index (χ1n) is 8.67. The molecule has 0 saturated heterocycles. The van der Waals surface area contributed by atoms with Gasteiger partial charge >= 0.3 is 0 Å². The van der Waals surface area contributed by atoms with Crippen LogP contribution in [0.5, 0.6) is 0 Å². The van der Waals surface area contributed by atoms with E-state index in [2.05, 4.69) is 10.3 Å². The summed E-state index contributed by atoms with van der Waals surface area (Å²) in [7, 11) is 0. The van der Waals surface area contributed by atoms with E-state index < -0.39 is 6.04 Å². The number of hydrogen-bond donors (Lipinski definition) is 1. The van der Waals surface area contributed by atoms with Crippen molar-refractivity contribution in [1.82, 2.24) is 15.2 Å². The maximum atomic E-state index is 12.9. The fourth-order valence-electron chi connectivity index (χ4n) is 3.23. The Bertz CT molecular complexity index is 761. The predicted octanol–water partition coefficient (Wildman–Crippen LogP) is 2.77. The van der Waals surface area contributed by atoms with Gasteiger partial charge in [-0.15, -0.1) is 0 Å². The molecule has 2 amide bonds. The van der Waals surface area contributed by atoms with Crippen LogP contribution in [0.1, 0.15) is 41.8 Å². The van der Waals surface area contributed by atoms with Crippen LogP contribution in [0.3, 0.4) is 0 Å². The number of rotatable bonds is 6. The molecule has 3 rings (SSSR count). The Morgan fingerprint density at radius 2 is 2.08 bits per heavy atom. The topological polar surface area (TPSA) is 62.3 Å². The smallest absolute Gasteiger partial charge is 0.255 e. The van der Waals surface area contributed by atoms with Crippen LogP contribution in [-0.4, -0.2) is 27.7 Å². The molecule has 2 unspecified atom stereocenters. The summed E-state index contributed by atoms with van der Waals surface area (Å²) in [6, 6.07) is 10.9. The van der Waals surface area contributed by atoms with Crippen molar-refractivity contribution in [2.24, 2.45) is 5.92 Å². The van der Waals surface area contributed by atoms with Gasteiger partial charge in [0, 0.05) is 31.0 Å². The van der Waals surface area contributed by atoms with Gasteiger partial charge in [-0.25, -0.2) is 0 Å². The normalized spacial score (nSPS) is 15.6. The molecule has 1 aromatic heterocycles. The summed E-state index contributed by atoms with van der Waals surface area (Å²) < 4.78 is 0. The molecular formula is C20H23N3O2. The summed E-state index contributed by atoms with van der Waals surface area (Å²) >= 11 is 0. The number of carbonyl (C=O) groups is 2. The lowest BCUT2D eigenvalue weighted by atomic mass is 9.96. The van der Waals surface area contributed by atoms with E-state index in [1.807, 2.05) is 50.2 Å². The Kier molecular flexibility index (Phi) is 5.12. The molecule has 1 aliphatic heterocycles. The van der Waals surface area contributed by atoms with E-state index in [0.29, 0.717) is 18.7 Å². The molecule has 130 valence electrons. The van der Waals surface area contributed by atoms with Crippen molar-refractivity contribution < 1.29 is 9.59 Å². The van der Waals surface area contributed by atoms with E-state index in [4.69, 9.17) is 0 Å². The summed E-state index contributed by atoms with van der Waals surface area (Å²) in [6.45, 7) is 4.96. The molecule has 0 bridgehead atoms. The van der Waals surface area contributed by atoms with Crippen LogP contribution in [0, 0.1) is 5.92 Å². The SMILES string of the molecule is CCC(C)C(C(=O)NCc1cccnc1)N1Cc2ccccc2C1=O. The van der Waals surface area contributed by atoms with Crippen LogP contribution in [0.15, 0.2) is 48.8 Å². The molecule has 2 atom stereocenters. The van der Waals surface area contributed by atoms with Crippen molar-refractivity contribution in [2.45, 2.75) is 39.4 Å². The number of hydrogen-bond acceptors (Lipinski definition) is 3. The van der Waals surface area contributed by atoms with Crippen molar-refractivity contribution in [3.63, 3.8) is 0 Å². The van der Waals surface area contributed by atoms with E-state index in [-0.39, 0.29) is 17.7 Å². The van der Waals surface area contributed by atoms with E-state index in [9.17, 15) is 9.59 Å². The molecule has 0 spiro atoms. The van der Waals surface area contributed by atoms with E-state index in [1.165, 1.54) is 0 Å². The van der Waals surface area contributed by atoms with Crippen LogP contribution in [0.2, 0.25) is 0 Å². The van der Waals surface area contributed by atoms with Crippen molar-refractivity contribution in [2.75, 3.05) is 0 Å². The third-order valence-electron chi connectivity index (χ3n) is 4.83. The van der Waals surface area contributed by atoms with E-state index >= 15 is 0 Å². The van der Waals surface area contributed by atoms with Gasteiger partial charge in [0.2, 0.25) is 5.91 Å². The van der Waals surface area contributed by atoms with Crippen LogP contribution in [-0.2, 0) is 17.9 Å². The fourth-order valence-corrected chi connectivity index (χ4v) is 3.23. The molecule has 1 aliphatic rings. The third kappa shape index (κ3) is 3.55. The van der Waals surface area contributed by atoms with Crippen LogP contribution in [0.25, 0.3) is 0 Å². The third-order valence-corrected chi connectivity index (χ3v) is 4.83. The first kappa shape index (κ1) is 17.1. The number of aromatic nitrogens is 1. The molecule has 25 heavy (non-hydrogen) atoms. The second-order valence-electron chi connectivity index (χ2n) is 6.50. The van der Waals surface area contributed by atoms with Gasteiger partial charge in [-0.1, -0.05) is 44.5 Å². The molecule has 0 radical (unpaired) electrons. The standard InChI is InChI=1S/C20H23N3O2/c1-3-14(2)18(19(24)22-12-15-7-6-10-21-11-15)23-13-16-8-4-5-9-17(16)20(23)25/h4-11,14,18H,3,12-13H2,1-2H3,(H,22,24).